The van der Waals surface area contributed by atoms with Crippen molar-refractivity contribution in [1.82, 2.24) is 14.8 Å². The van der Waals surface area contributed by atoms with Gasteiger partial charge in [0.05, 0.1) is 12.3 Å². The van der Waals surface area contributed by atoms with Gasteiger partial charge in [-0.25, -0.2) is 9.67 Å². The maximum Gasteiger partial charge on any atom is 0.252 e. The molecule has 17 heavy (non-hydrogen) atoms. The highest BCUT2D eigenvalue weighted by atomic mass is 16.5. The van der Waals surface area contributed by atoms with Crippen molar-refractivity contribution in [2.45, 2.75) is 6.92 Å². The molecule has 0 fully saturated rings. The van der Waals surface area contributed by atoms with Crippen LogP contribution in [0.4, 0.5) is 5.69 Å². The zero-order chi connectivity index (χ0) is 12.3. The third-order valence-corrected chi connectivity index (χ3v) is 2.18. The van der Waals surface area contributed by atoms with Crippen LogP contribution in [0, 0.1) is 11.3 Å². The van der Waals surface area contributed by atoms with E-state index in [2.05, 4.69) is 10.1 Å². The number of rotatable bonds is 3. The lowest BCUT2D eigenvalue weighted by molar-refractivity contribution is 0.342. The third-order valence-electron chi connectivity index (χ3n) is 2.18. The predicted molar refractivity (Wildman–Crippen MR) is 61.7 cm³/mol. The van der Waals surface area contributed by atoms with Gasteiger partial charge < -0.3 is 10.5 Å². The number of hydrogen-bond acceptors (Lipinski definition) is 5. The molecular weight excluding hydrogens is 218 g/mol. The monoisotopic (exact) mass is 229 g/mol. The van der Waals surface area contributed by atoms with E-state index in [4.69, 9.17) is 15.7 Å². The molecule has 1 heterocycles. The number of aromatic nitrogens is 3. The normalized spacial score (nSPS) is 9.88. The topological polar surface area (TPSA) is 89.8 Å². The number of ether oxygens (including phenoxy) is 1. The second kappa shape index (κ2) is 4.53. The van der Waals surface area contributed by atoms with Gasteiger partial charge in [-0.05, 0) is 19.1 Å². The van der Waals surface area contributed by atoms with Gasteiger partial charge >= 0.3 is 0 Å². The van der Waals surface area contributed by atoms with Crippen LogP contribution in [0.3, 0.4) is 0 Å². The van der Waals surface area contributed by atoms with Crippen molar-refractivity contribution in [3.05, 3.63) is 30.4 Å². The minimum Gasteiger partial charge on any atom is -0.492 e. The van der Waals surface area contributed by atoms with Crippen LogP contribution in [0.25, 0.3) is 5.69 Å². The number of nitrogens with two attached hydrogens (primary N) is 1. The van der Waals surface area contributed by atoms with Gasteiger partial charge in [0.1, 0.15) is 23.8 Å². The Bertz CT molecular complexity index is 569. The first-order valence-corrected chi connectivity index (χ1v) is 5.09. The Morgan fingerprint density at radius 3 is 3.00 bits per heavy atom. The summed E-state index contributed by atoms with van der Waals surface area (Å²) in [4.78, 5) is 3.82. The number of anilines is 1. The Morgan fingerprint density at radius 1 is 1.53 bits per heavy atom. The van der Waals surface area contributed by atoms with Gasteiger partial charge in [0.25, 0.3) is 5.82 Å². The molecule has 6 nitrogen and oxygen atoms in total. The lowest BCUT2D eigenvalue weighted by Crippen LogP contribution is -2.03. The molecule has 6 heteroatoms. The quantitative estimate of drug-likeness (QED) is 0.796. The van der Waals surface area contributed by atoms with Gasteiger partial charge in [0.2, 0.25) is 0 Å². The van der Waals surface area contributed by atoms with E-state index in [0.29, 0.717) is 23.7 Å². The Kier molecular flexibility index (Phi) is 2.92. The predicted octanol–water partition coefficient (Wildman–Crippen LogP) is 1.12. The second-order valence-corrected chi connectivity index (χ2v) is 3.25. The number of hydrogen-bond donors (Lipinski definition) is 1. The Hall–Kier alpha value is -2.55. The van der Waals surface area contributed by atoms with Gasteiger partial charge in [-0.2, -0.15) is 5.26 Å². The van der Waals surface area contributed by atoms with Crippen LogP contribution in [0.5, 0.6) is 5.75 Å². The van der Waals surface area contributed by atoms with Crippen LogP contribution in [-0.4, -0.2) is 21.4 Å². The summed E-state index contributed by atoms with van der Waals surface area (Å²) in [5.74, 6) is 0.699. The molecule has 1 aromatic heterocycles. The molecule has 2 N–H and O–H groups in total. The molecule has 2 aromatic rings. The molecular formula is C11H11N5O. The van der Waals surface area contributed by atoms with E-state index < -0.39 is 0 Å². The lowest BCUT2D eigenvalue weighted by Gasteiger charge is -2.10. The molecule has 0 aliphatic carbocycles. The Balaban J connectivity index is 2.45. The van der Waals surface area contributed by atoms with Crippen molar-refractivity contribution in [3.8, 4) is 17.5 Å². The van der Waals surface area contributed by atoms with Gasteiger partial charge in [-0.15, -0.1) is 5.10 Å². The molecule has 0 unspecified atom stereocenters. The first-order chi connectivity index (χ1) is 8.26. The van der Waals surface area contributed by atoms with Crippen LogP contribution in [0.2, 0.25) is 0 Å². The standard InChI is InChI=1S/C11H11N5O/c1-2-17-9-5-3-4-8(11(9)13)16-7-14-10(6-12)15-16/h3-5,7H,2,13H2,1H3. The fourth-order valence-corrected chi connectivity index (χ4v) is 1.44. The molecule has 0 aliphatic heterocycles. The molecule has 0 saturated carbocycles. The first-order valence-electron chi connectivity index (χ1n) is 5.09. The minimum atomic E-state index is 0.103. The number of nitrogens with zero attached hydrogens (tertiary/aromatic N) is 4. The summed E-state index contributed by atoms with van der Waals surface area (Å²) in [5, 5.41) is 12.6. The van der Waals surface area contributed by atoms with Crippen molar-refractivity contribution in [3.63, 3.8) is 0 Å². The Labute approximate surface area is 98.3 Å². The number of nitrogen functional groups attached to an aromatic ring is 1. The first kappa shape index (κ1) is 11.0. The van der Waals surface area contributed by atoms with E-state index in [9.17, 15) is 0 Å². The molecule has 0 atom stereocenters. The van der Waals surface area contributed by atoms with Crippen molar-refractivity contribution in [2.75, 3.05) is 12.3 Å². The van der Waals surface area contributed by atoms with Crippen LogP contribution in [0.15, 0.2) is 24.5 Å². The van der Waals surface area contributed by atoms with E-state index in [1.54, 1.807) is 12.1 Å². The highest BCUT2D eigenvalue weighted by Crippen LogP contribution is 2.27. The average molecular weight is 229 g/mol. The molecule has 0 amide bonds. The molecule has 0 aliphatic rings. The van der Waals surface area contributed by atoms with Gasteiger partial charge in [-0.3, -0.25) is 0 Å². The zero-order valence-corrected chi connectivity index (χ0v) is 9.29. The van der Waals surface area contributed by atoms with Crippen LogP contribution in [-0.2, 0) is 0 Å². The molecule has 2 rings (SSSR count). The second-order valence-electron chi connectivity index (χ2n) is 3.25. The fourth-order valence-electron chi connectivity index (χ4n) is 1.44. The van der Waals surface area contributed by atoms with Crippen molar-refractivity contribution in [1.29, 1.82) is 5.26 Å². The van der Waals surface area contributed by atoms with E-state index in [0.717, 1.165) is 0 Å². The zero-order valence-electron chi connectivity index (χ0n) is 9.29. The summed E-state index contributed by atoms with van der Waals surface area (Å²) in [6.45, 7) is 2.42. The summed E-state index contributed by atoms with van der Waals surface area (Å²) in [5.41, 5.74) is 7.07. The summed E-state index contributed by atoms with van der Waals surface area (Å²) in [6, 6.07) is 7.24. The van der Waals surface area contributed by atoms with E-state index in [-0.39, 0.29) is 5.82 Å². The fraction of sp³-hybridized carbons (Fsp3) is 0.182. The lowest BCUT2D eigenvalue weighted by atomic mass is 10.2. The molecule has 1 aromatic carbocycles. The number of nitriles is 1. The largest absolute Gasteiger partial charge is 0.492 e. The number of para-hydroxylation sites is 1. The SMILES string of the molecule is CCOc1cccc(-n2cnc(C#N)n2)c1N. The Morgan fingerprint density at radius 2 is 2.35 bits per heavy atom. The van der Waals surface area contributed by atoms with Crippen molar-refractivity contribution in [2.24, 2.45) is 0 Å². The smallest absolute Gasteiger partial charge is 0.252 e. The maximum atomic E-state index is 8.66. The summed E-state index contributed by atoms with van der Waals surface area (Å²) >= 11 is 0. The third kappa shape index (κ3) is 2.03. The van der Waals surface area contributed by atoms with Crippen LogP contribution >= 0.6 is 0 Å². The molecule has 0 spiro atoms. The van der Waals surface area contributed by atoms with Gasteiger partial charge in [-0.1, -0.05) is 6.07 Å². The highest BCUT2D eigenvalue weighted by molar-refractivity contribution is 5.66. The van der Waals surface area contributed by atoms with Crippen LogP contribution in [0.1, 0.15) is 12.7 Å². The summed E-state index contributed by atoms with van der Waals surface area (Å²) in [7, 11) is 0. The number of benzene rings is 1. The van der Waals surface area contributed by atoms with Crippen LogP contribution < -0.4 is 10.5 Å². The maximum absolute atomic E-state index is 8.66. The van der Waals surface area contributed by atoms with Gasteiger partial charge in [0, 0.05) is 0 Å². The van der Waals surface area contributed by atoms with Gasteiger partial charge in [0.15, 0.2) is 0 Å². The van der Waals surface area contributed by atoms with E-state index in [1.165, 1.54) is 11.0 Å². The summed E-state index contributed by atoms with van der Waals surface area (Å²) < 4.78 is 6.84. The van der Waals surface area contributed by atoms with E-state index in [1.807, 2.05) is 19.1 Å². The minimum absolute atomic E-state index is 0.103. The highest BCUT2D eigenvalue weighted by Gasteiger charge is 2.09. The average Bonchev–Trinajstić information content (AvgIpc) is 2.80. The molecule has 0 radical (unpaired) electrons. The van der Waals surface area contributed by atoms with Crippen molar-refractivity contribution >= 4 is 5.69 Å². The molecule has 0 saturated heterocycles. The van der Waals surface area contributed by atoms with E-state index >= 15 is 0 Å². The summed E-state index contributed by atoms with van der Waals surface area (Å²) in [6.07, 6.45) is 1.44. The van der Waals surface area contributed by atoms with Crippen molar-refractivity contribution < 1.29 is 4.74 Å². The molecule has 0 bridgehead atoms. The molecule has 86 valence electrons.